The molecule has 0 heterocycles. The molecule has 2 N–H and O–H groups in total. The van der Waals surface area contributed by atoms with Crippen LogP contribution in [0.4, 0.5) is 5.69 Å². The average molecular weight is 152 g/mol. The zero-order valence-corrected chi connectivity index (χ0v) is 6.02. The van der Waals surface area contributed by atoms with Crippen molar-refractivity contribution in [2.45, 2.75) is 0 Å². The highest BCUT2D eigenvalue weighted by Crippen LogP contribution is 2.16. The number of terminal acetylenes is 1. The van der Waals surface area contributed by atoms with Crippen LogP contribution >= 0.6 is 11.6 Å². The molecule has 1 aromatic carbocycles. The third kappa shape index (κ3) is 1.23. The molecule has 0 bridgehead atoms. The third-order valence-electron chi connectivity index (χ3n) is 1.17. The summed E-state index contributed by atoms with van der Waals surface area (Å²) in [6.45, 7) is 0. The SMILES string of the molecule is C#Cc1ccc(Cl)cc1N. The molecule has 0 aliphatic carbocycles. The molecule has 0 aromatic heterocycles. The lowest BCUT2D eigenvalue weighted by atomic mass is 10.2. The zero-order chi connectivity index (χ0) is 7.56. The van der Waals surface area contributed by atoms with E-state index in [1.54, 1.807) is 18.2 Å². The Morgan fingerprint density at radius 2 is 2.20 bits per heavy atom. The number of anilines is 1. The molecule has 50 valence electrons. The third-order valence-corrected chi connectivity index (χ3v) is 1.40. The lowest BCUT2D eigenvalue weighted by molar-refractivity contribution is 1.63. The molecule has 0 radical (unpaired) electrons. The number of benzene rings is 1. The van der Waals surface area contributed by atoms with Crippen LogP contribution in [0.5, 0.6) is 0 Å². The van der Waals surface area contributed by atoms with Crippen LogP contribution in [0, 0.1) is 12.3 Å². The molecule has 0 amide bonds. The molecule has 1 nitrogen and oxygen atoms in total. The maximum atomic E-state index is 5.63. The highest BCUT2D eigenvalue weighted by atomic mass is 35.5. The van der Waals surface area contributed by atoms with Crippen LogP contribution in [0.15, 0.2) is 18.2 Å². The van der Waals surface area contributed by atoms with Gasteiger partial charge in [0.2, 0.25) is 0 Å². The molecule has 0 fully saturated rings. The van der Waals surface area contributed by atoms with Crippen LogP contribution in [0.1, 0.15) is 5.56 Å². The summed E-state index contributed by atoms with van der Waals surface area (Å²) in [6, 6.07) is 5.07. The van der Waals surface area contributed by atoms with Crippen molar-refractivity contribution in [3.63, 3.8) is 0 Å². The monoisotopic (exact) mass is 151 g/mol. The molecule has 0 aliphatic rings. The molecule has 1 aromatic rings. The van der Waals surface area contributed by atoms with E-state index in [4.69, 9.17) is 23.8 Å². The van der Waals surface area contributed by atoms with Crippen molar-refractivity contribution >= 4 is 17.3 Å². The van der Waals surface area contributed by atoms with E-state index in [2.05, 4.69) is 5.92 Å². The number of nitrogen functional groups attached to an aromatic ring is 1. The first-order chi connectivity index (χ1) is 4.74. The van der Waals surface area contributed by atoms with Crippen LogP contribution in [-0.4, -0.2) is 0 Å². The van der Waals surface area contributed by atoms with Gasteiger partial charge in [-0.3, -0.25) is 0 Å². The molecule has 0 saturated heterocycles. The lowest BCUT2D eigenvalue weighted by Gasteiger charge is -1.96. The highest BCUT2D eigenvalue weighted by Gasteiger charge is 1.94. The Kier molecular flexibility index (Phi) is 1.84. The summed E-state index contributed by atoms with van der Waals surface area (Å²) >= 11 is 5.63. The van der Waals surface area contributed by atoms with Gasteiger partial charge in [0.25, 0.3) is 0 Å². The Bertz CT molecular complexity index is 286. The van der Waals surface area contributed by atoms with E-state index >= 15 is 0 Å². The van der Waals surface area contributed by atoms with Gasteiger partial charge in [-0.05, 0) is 18.2 Å². The quantitative estimate of drug-likeness (QED) is 0.445. The molecule has 0 spiro atoms. The molecule has 1 rings (SSSR count). The minimum atomic E-state index is 0.551. The van der Waals surface area contributed by atoms with Gasteiger partial charge in [0.15, 0.2) is 0 Å². The van der Waals surface area contributed by atoms with Gasteiger partial charge in [0.1, 0.15) is 0 Å². The van der Waals surface area contributed by atoms with Crippen molar-refractivity contribution in [2.24, 2.45) is 0 Å². The fraction of sp³-hybridized carbons (Fsp3) is 0. The molecule has 0 atom stereocenters. The lowest BCUT2D eigenvalue weighted by Crippen LogP contribution is -1.88. The molecular weight excluding hydrogens is 146 g/mol. The summed E-state index contributed by atoms with van der Waals surface area (Å²) < 4.78 is 0. The normalized spacial score (nSPS) is 8.80. The summed E-state index contributed by atoms with van der Waals surface area (Å²) in [7, 11) is 0. The largest absolute Gasteiger partial charge is 0.398 e. The van der Waals surface area contributed by atoms with Crippen molar-refractivity contribution < 1.29 is 0 Å². The van der Waals surface area contributed by atoms with E-state index in [0.29, 0.717) is 16.3 Å². The van der Waals surface area contributed by atoms with Crippen LogP contribution in [0.2, 0.25) is 5.02 Å². The second kappa shape index (κ2) is 2.64. The second-order valence-corrected chi connectivity index (χ2v) is 2.31. The van der Waals surface area contributed by atoms with Gasteiger partial charge < -0.3 is 5.73 Å². The van der Waals surface area contributed by atoms with Crippen molar-refractivity contribution in [3.05, 3.63) is 28.8 Å². The van der Waals surface area contributed by atoms with Crippen LogP contribution in [0.3, 0.4) is 0 Å². The predicted octanol–water partition coefficient (Wildman–Crippen LogP) is 1.90. The average Bonchev–Trinajstić information content (AvgIpc) is 1.88. The molecule has 0 aliphatic heterocycles. The zero-order valence-electron chi connectivity index (χ0n) is 5.26. The fourth-order valence-electron chi connectivity index (χ4n) is 0.665. The number of rotatable bonds is 0. The Hall–Kier alpha value is -1.13. The van der Waals surface area contributed by atoms with E-state index in [1.807, 2.05) is 0 Å². The van der Waals surface area contributed by atoms with E-state index < -0.39 is 0 Å². The Labute approximate surface area is 64.8 Å². The summed E-state index contributed by atoms with van der Waals surface area (Å²) in [6.07, 6.45) is 5.13. The summed E-state index contributed by atoms with van der Waals surface area (Å²) in [4.78, 5) is 0. The standard InChI is InChI=1S/C8H6ClN/c1-2-6-3-4-7(9)5-8(6)10/h1,3-5H,10H2. The summed E-state index contributed by atoms with van der Waals surface area (Å²) in [5.41, 5.74) is 6.74. The van der Waals surface area contributed by atoms with Crippen molar-refractivity contribution in [1.29, 1.82) is 0 Å². The maximum absolute atomic E-state index is 5.63. The maximum Gasteiger partial charge on any atom is 0.0488 e. The minimum Gasteiger partial charge on any atom is -0.398 e. The van der Waals surface area contributed by atoms with Gasteiger partial charge in [-0.1, -0.05) is 17.5 Å². The Morgan fingerprint density at radius 3 is 2.70 bits per heavy atom. The Morgan fingerprint density at radius 1 is 1.50 bits per heavy atom. The molecule has 0 saturated carbocycles. The molecule has 2 heteroatoms. The van der Waals surface area contributed by atoms with Gasteiger partial charge in [-0.15, -0.1) is 6.42 Å². The summed E-state index contributed by atoms with van der Waals surface area (Å²) in [5, 5.41) is 0.608. The van der Waals surface area contributed by atoms with Crippen LogP contribution < -0.4 is 5.73 Å². The fourth-order valence-corrected chi connectivity index (χ4v) is 0.846. The first kappa shape index (κ1) is 6.98. The Balaban J connectivity index is 3.23. The second-order valence-electron chi connectivity index (χ2n) is 1.88. The number of hydrogen-bond donors (Lipinski definition) is 1. The highest BCUT2D eigenvalue weighted by molar-refractivity contribution is 6.30. The first-order valence-corrected chi connectivity index (χ1v) is 3.13. The minimum absolute atomic E-state index is 0.551. The van der Waals surface area contributed by atoms with Gasteiger partial charge in [0.05, 0.1) is 0 Å². The van der Waals surface area contributed by atoms with E-state index in [1.165, 1.54) is 0 Å². The van der Waals surface area contributed by atoms with E-state index in [9.17, 15) is 0 Å². The van der Waals surface area contributed by atoms with Crippen LogP contribution in [0.25, 0.3) is 0 Å². The van der Waals surface area contributed by atoms with Crippen molar-refractivity contribution in [3.8, 4) is 12.3 Å². The van der Waals surface area contributed by atoms with E-state index in [-0.39, 0.29) is 0 Å². The predicted molar refractivity (Wildman–Crippen MR) is 43.8 cm³/mol. The van der Waals surface area contributed by atoms with Crippen LogP contribution in [-0.2, 0) is 0 Å². The van der Waals surface area contributed by atoms with Gasteiger partial charge >= 0.3 is 0 Å². The molecular formula is C8H6ClN. The smallest absolute Gasteiger partial charge is 0.0488 e. The topological polar surface area (TPSA) is 26.0 Å². The van der Waals surface area contributed by atoms with Gasteiger partial charge in [-0.25, -0.2) is 0 Å². The molecule has 0 unspecified atom stereocenters. The van der Waals surface area contributed by atoms with E-state index in [0.717, 1.165) is 0 Å². The van der Waals surface area contributed by atoms with Crippen molar-refractivity contribution in [2.75, 3.05) is 5.73 Å². The summed E-state index contributed by atoms with van der Waals surface area (Å²) in [5.74, 6) is 2.44. The first-order valence-electron chi connectivity index (χ1n) is 2.75. The number of halogens is 1. The number of nitrogens with two attached hydrogens (primary N) is 1. The number of hydrogen-bond acceptors (Lipinski definition) is 1. The molecule has 10 heavy (non-hydrogen) atoms. The van der Waals surface area contributed by atoms with Gasteiger partial charge in [0, 0.05) is 16.3 Å². The van der Waals surface area contributed by atoms with Gasteiger partial charge in [-0.2, -0.15) is 0 Å². The van der Waals surface area contributed by atoms with Crippen molar-refractivity contribution in [1.82, 2.24) is 0 Å².